The number of fused-ring (bicyclic) bond motifs is 3. The molecular weight excluding hydrogens is 468 g/mol. The third kappa shape index (κ3) is 6.42. The predicted octanol–water partition coefficient (Wildman–Crippen LogP) is 4.53. The Morgan fingerprint density at radius 1 is 0.865 bits per heavy atom. The monoisotopic (exact) mass is 498 g/mol. The Labute approximate surface area is 216 Å². The maximum absolute atomic E-state index is 9.10. The second kappa shape index (κ2) is 12.3. The maximum Gasteiger partial charge on any atom is 0.414 e. The van der Waals surface area contributed by atoms with Gasteiger partial charge in [-0.3, -0.25) is 4.90 Å². The third-order valence-electron chi connectivity index (χ3n) is 7.16. The summed E-state index contributed by atoms with van der Waals surface area (Å²) in [7, 11) is 0. The largest absolute Gasteiger partial charge is 0.473 e. The van der Waals surface area contributed by atoms with Crippen LogP contribution in [0.1, 0.15) is 41.0 Å². The Balaban J connectivity index is 0.000000480. The number of nitriles is 1. The number of hydrogen-bond acceptors (Lipinski definition) is 5. The second-order valence-electron chi connectivity index (χ2n) is 9.36. The van der Waals surface area contributed by atoms with Gasteiger partial charge in [-0.15, -0.1) is 0 Å². The molecule has 3 fully saturated rings. The highest BCUT2D eigenvalue weighted by Crippen LogP contribution is 2.43. The van der Waals surface area contributed by atoms with Gasteiger partial charge >= 0.3 is 11.9 Å². The average Bonchev–Trinajstić information content (AvgIpc) is 2.95. The summed E-state index contributed by atoms with van der Waals surface area (Å²) in [6.07, 6.45) is 2.62. The molecule has 3 aromatic rings. The van der Waals surface area contributed by atoms with E-state index < -0.39 is 11.9 Å². The molecule has 6 rings (SSSR count). The van der Waals surface area contributed by atoms with E-state index in [1.54, 1.807) is 0 Å². The van der Waals surface area contributed by atoms with Crippen LogP contribution in [0.4, 0.5) is 0 Å². The van der Waals surface area contributed by atoms with Crippen molar-refractivity contribution in [1.82, 2.24) is 4.90 Å². The lowest BCUT2D eigenvalue weighted by molar-refractivity contribution is -0.159. The molecule has 0 radical (unpaired) electrons. The minimum absolute atomic E-state index is 0.198. The van der Waals surface area contributed by atoms with Gasteiger partial charge in [-0.25, -0.2) is 9.59 Å². The number of carbonyl (C=O) groups is 2. The van der Waals surface area contributed by atoms with Crippen LogP contribution < -0.4 is 0 Å². The van der Waals surface area contributed by atoms with Crippen LogP contribution in [0.5, 0.6) is 0 Å². The number of rotatable bonds is 6. The van der Waals surface area contributed by atoms with Crippen LogP contribution in [0.2, 0.25) is 0 Å². The van der Waals surface area contributed by atoms with Crippen molar-refractivity contribution in [2.45, 2.75) is 37.5 Å². The summed E-state index contributed by atoms with van der Waals surface area (Å²) in [5.74, 6) is -2.76. The smallest absolute Gasteiger partial charge is 0.414 e. The zero-order valence-electron chi connectivity index (χ0n) is 20.4. The van der Waals surface area contributed by atoms with E-state index in [1.165, 1.54) is 24.0 Å². The first-order valence-electron chi connectivity index (χ1n) is 12.4. The van der Waals surface area contributed by atoms with Crippen LogP contribution in [0.15, 0.2) is 84.9 Å². The van der Waals surface area contributed by atoms with Crippen molar-refractivity contribution in [2.75, 3.05) is 13.1 Å². The highest BCUT2D eigenvalue weighted by Gasteiger charge is 2.47. The molecule has 0 amide bonds. The Hall–Kier alpha value is -3.99. The van der Waals surface area contributed by atoms with Gasteiger partial charge in [0.2, 0.25) is 0 Å². The summed E-state index contributed by atoms with van der Waals surface area (Å²) >= 11 is 0. The molecule has 0 aliphatic carbocycles. The summed E-state index contributed by atoms with van der Waals surface area (Å²) in [4.78, 5) is 20.9. The van der Waals surface area contributed by atoms with Crippen LogP contribution in [-0.2, 0) is 20.9 Å². The molecule has 3 aliphatic rings. The first-order chi connectivity index (χ1) is 18.0. The number of ether oxygens (including phenoxy) is 1. The van der Waals surface area contributed by atoms with Crippen molar-refractivity contribution in [2.24, 2.45) is 5.92 Å². The van der Waals surface area contributed by atoms with Gasteiger partial charge in [0.05, 0.1) is 24.3 Å². The van der Waals surface area contributed by atoms with E-state index >= 15 is 0 Å². The zero-order valence-corrected chi connectivity index (χ0v) is 20.4. The molecule has 3 saturated heterocycles. The summed E-state index contributed by atoms with van der Waals surface area (Å²) in [6, 6.07) is 32.1. The fourth-order valence-corrected chi connectivity index (χ4v) is 5.44. The van der Waals surface area contributed by atoms with E-state index in [-0.39, 0.29) is 12.0 Å². The van der Waals surface area contributed by atoms with Crippen LogP contribution in [0.25, 0.3) is 0 Å². The number of hydrogen-bond donors (Lipinski definition) is 2. The standard InChI is InChI=1S/C28H28N2O.C2H2O4/c29-19-21-11-13-22(14-12-21)20-31-28-25-15-17-30(18-16-25)27(28)26(23-7-3-1-4-8-23)24-9-5-2-6-10-24;3-1(4)2(5)6/h1-14,25-28H,15-18,20H2;(H,3,4)(H,5,6)/t27-,28-;/m1./s1. The Bertz CT molecular complexity index is 1160. The average molecular weight is 499 g/mol. The van der Waals surface area contributed by atoms with E-state index in [4.69, 9.17) is 29.8 Å². The van der Waals surface area contributed by atoms with Gasteiger partial charge < -0.3 is 14.9 Å². The van der Waals surface area contributed by atoms with Crippen molar-refractivity contribution in [1.29, 1.82) is 5.26 Å². The molecule has 190 valence electrons. The van der Waals surface area contributed by atoms with Crippen LogP contribution in [0.3, 0.4) is 0 Å². The highest BCUT2D eigenvalue weighted by molar-refractivity contribution is 6.27. The molecule has 2 N–H and O–H groups in total. The number of aliphatic carboxylic acids is 2. The number of carboxylic acid groups (broad SMARTS) is 2. The minimum Gasteiger partial charge on any atom is -0.473 e. The molecule has 3 heterocycles. The van der Waals surface area contributed by atoms with Gasteiger partial charge in [0.15, 0.2) is 0 Å². The summed E-state index contributed by atoms with van der Waals surface area (Å²) < 4.78 is 6.69. The molecule has 3 aliphatic heterocycles. The normalized spacial score (nSPS) is 21.9. The van der Waals surface area contributed by atoms with E-state index in [0.717, 1.165) is 18.7 Å². The van der Waals surface area contributed by atoms with E-state index in [1.807, 2.05) is 24.3 Å². The zero-order chi connectivity index (χ0) is 26.2. The van der Waals surface area contributed by atoms with Crippen molar-refractivity contribution >= 4 is 11.9 Å². The van der Waals surface area contributed by atoms with Crippen LogP contribution in [-0.4, -0.2) is 52.3 Å². The predicted molar refractivity (Wildman–Crippen MR) is 138 cm³/mol. The van der Waals surface area contributed by atoms with Gasteiger partial charge in [-0.2, -0.15) is 5.26 Å². The van der Waals surface area contributed by atoms with E-state index in [2.05, 4.69) is 71.6 Å². The lowest BCUT2D eigenvalue weighted by Gasteiger charge is -2.53. The van der Waals surface area contributed by atoms with Gasteiger partial charge in [-0.1, -0.05) is 72.8 Å². The number of nitrogens with zero attached hydrogens (tertiary/aromatic N) is 2. The van der Waals surface area contributed by atoms with Crippen molar-refractivity contribution in [3.8, 4) is 6.07 Å². The molecule has 7 heteroatoms. The van der Waals surface area contributed by atoms with E-state index in [9.17, 15) is 0 Å². The topological polar surface area (TPSA) is 111 Å². The molecule has 2 atom stereocenters. The van der Waals surface area contributed by atoms with Crippen molar-refractivity contribution < 1.29 is 24.5 Å². The molecule has 0 spiro atoms. The lowest BCUT2D eigenvalue weighted by atomic mass is 9.72. The number of benzene rings is 3. The fraction of sp³-hybridized carbons (Fsp3) is 0.300. The maximum atomic E-state index is 9.10. The summed E-state index contributed by atoms with van der Waals surface area (Å²) in [5.41, 5.74) is 4.54. The van der Waals surface area contributed by atoms with Crippen molar-refractivity contribution in [3.63, 3.8) is 0 Å². The van der Waals surface area contributed by atoms with Gasteiger partial charge in [-0.05, 0) is 60.7 Å². The fourth-order valence-electron chi connectivity index (χ4n) is 5.44. The molecule has 37 heavy (non-hydrogen) atoms. The first-order valence-corrected chi connectivity index (χ1v) is 12.4. The second-order valence-corrected chi connectivity index (χ2v) is 9.36. The highest BCUT2D eigenvalue weighted by atomic mass is 16.5. The summed E-state index contributed by atoms with van der Waals surface area (Å²) in [6.45, 7) is 2.90. The molecular formula is C30H30N2O5. The molecule has 0 saturated carbocycles. The Morgan fingerprint density at radius 2 is 1.38 bits per heavy atom. The summed E-state index contributed by atoms with van der Waals surface area (Å²) in [5, 5.41) is 23.8. The van der Waals surface area contributed by atoms with Gasteiger partial charge in [0.25, 0.3) is 0 Å². The van der Waals surface area contributed by atoms with Crippen LogP contribution in [0, 0.1) is 17.2 Å². The molecule has 0 aromatic heterocycles. The molecule has 2 bridgehead atoms. The quantitative estimate of drug-likeness (QED) is 0.481. The first kappa shape index (κ1) is 26.1. The molecule has 7 nitrogen and oxygen atoms in total. The Kier molecular flexibility index (Phi) is 8.68. The van der Waals surface area contributed by atoms with Crippen molar-refractivity contribution in [3.05, 3.63) is 107 Å². The van der Waals surface area contributed by atoms with Gasteiger partial charge in [0.1, 0.15) is 0 Å². The molecule has 3 aromatic carbocycles. The number of carboxylic acids is 2. The lowest BCUT2D eigenvalue weighted by Crippen LogP contribution is -2.60. The number of piperidine rings is 3. The molecule has 0 unspecified atom stereocenters. The van der Waals surface area contributed by atoms with Gasteiger partial charge in [0, 0.05) is 12.0 Å². The Morgan fingerprint density at radius 3 is 1.84 bits per heavy atom. The minimum atomic E-state index is -1.82. The SMILES string of the molecule is N#Cc1ccc(CO[C@@H]2C3CCN(CC3)[C@@H]2C(c2ccccc2)c2ccccc2)cc1.O=C(O)C(=O)O. The third-order valence-corrected chi connectivity index (χ3v) is 7.16. The van der Waals surface area contributed by atoms with E-state index in [0.29, 0.717) is 24.1 Å². The van der Waals surface area contributed by atoms with Crippen LogP contribution >= 0.6 is 0 Å².